The van der Waals surface area contributed by atoms with Crippen LogP contribution < -0.4 is 0 Å². The first-order chi connectivity index (χ1) is 8.70. The summed E-state index contributed by atoms with van der Waals surface area (Å²) in [5.74, 6) is 0.0178. The van der Waals surface area contributed by atoms with Crippen molar-refractivity contribution < 1.29 is 9.59 Å². The minimum Gasteiger partial charge on any atom is -0.341 e. The second-order valence-electron chi connectivity index (χ2n) is 4.76. The van der Waals surface area contributed by atoms with Crippen LogP contribution in [-0.4, -0.2) is 45.2 Å². The fourth-order valence-corrected chi connectivity index (χ4v) is 2.37. The monoisotopic (exact) mass is 250 g/mol. The minimum atomic E-state index is 0.0178. The van der Waals surface area contributed by atoms with Gasteiger partial charge in [0.05, 0.1) is 6.20 Å². The molecule has 1 amide bonds. The Balaban J connectivity index is 1.91. The quantitative estimate of drug-likeness (QED) is 0.744. The SMILES string of the molecule is CN(C(=O)Cn1cc(C=O)nn1)C1CCCCC1. The molecular weight excluding hydrogens is 232 g/mol. The molecule has 98 valence electrons. The average Bonchev–Trinajstić information content (AvgIpc) is 2.86. The molecule has 0 radical (unpaired) electrons. The van der Waals surface area contributed by atoms with E-state index in [1.807, 2.05) is 7.05 Å². The fraction of sp³-hybridized carbons (Fsp3) is 0.667. The van der Waals surface area contributed by atoms with E-state index < -0.39 is 0 Å². The summed E-state index contributed by atoms with van der Waals surface area (Å²) in [5, 5.41) is 7.38. The minimum absolute atomic E-state index is 0.0178. The number of nitrogens with zero attached hydrogens (tertiary/aromatic N) is 4. The Labute approximate surface area is 106 Å². The highest BCUT2D eigenvalue weighted by Crippen LogP contribution is 2.21. The van der Waals surface area contributed by atoms with E-state index >= 15 is 0 Å². The molecule has 1 aliphatic carbocycles. The molecule has 0 aromatic carbocycles. The lowest BCUT2D eigenvalue weighted by molar-refractivity contribution is -0.133. The molecule has 1 aliphatic rings. The van der Waals surface area contributed by atoms with Crippen molar-refractivity contribution in [3.63, 3.8) is 0 Å². The number of rotatable bonds is 4. The Bertz CT molecular complexity index is 423. The maximum Gasteiger partial charge on any atom is 0.244 e. The van der Waals surface area contributed by atoms with Crippen LogP contribution in [0.25, 0.3) is 0 Å². The van der Waals surface area contributed by atoms with E-state index in [9.17, 15) is 9.59 Å². The number of aromatic nitrogens is 3. The standard InChI is InChI=1S/C12H18N4O2/c1-15(11-5-3-2-4-6-11)12(18)8-16-7-10(9-17)13-14-16/h7,9,11H,2-6,8H2,1H3. The van der Waals surface area contributed by atoms with Gasteiger partial charge in [-0.1, -0.05) is 24.5 Å². The number of carbonyl (C=O) groups is 2. The van der Waals surface area contributed by atoms with Crippen LogP contribution in [0.3, 0.4) is 0 Å². The van der Waals surface area contributed by atoms with E-state index in [4.69, 9.17) is 0 Å². The van der Waals surface area contributed by atoms with Gasteiger partial charge < -0.3 is 4.90 Å². The second-order valence-corrected chi connectivity index (χ2v) is 4.76. The lowest BCUT2D eigenvalue weighted by Crippen LogP contribution is -2.40. The predicted octanol–water partition coefficient (Wildman–Crippen LogP) is 0.882. The van der Waals surface area contributed by atoms with Crippen molar-refractivity contribution >= 4 is 12.2 Å². The average molecular weight is 250 g/mol. The van der Waals surface area contributed by atoms with E-state index in [0.717, 1.165) is 12.8 Å². The molecule has 0 spiro atoms. The Morgan fingerprint density at radius 3 is 2.83 bits per heavy atom. The molecule has 6 heteroatoms. The molecule has 1 aromatic heterocycles. The van der Waals surface area contributed by atoms with Gasteiger partial charge in [0.15, 0.2) is 6.29 Å². The second kappa shape index (κ2) is 5.75. The molecule has 2 rings (SSSR count). The first-order valence-electron chi connectivity index (χ1n) is 6.31. The first-order valence-corrected chi connectivity index (χ1v) is 6.31. The predicted molar refractivity (Wildman–Crippen MR) is 65.1 cm³/mol. The number of likely N-dealkylation sites (N-methyl/N-ethyl adjacent to an activating group) is 1. The fourth-order valence-electron chi connectivity index (χ4n) is 2.37. The molecule has 0 bridgehead atoms. The van der Waals surface area contributed by atoms with Crippen LogP contribution in [0.4, 0.5) is 0 Å². The lowest BCUT2D eigenvalue weighted by atomic mass is 9.94. The number of amides is 1. The molecule has 0 unspecified atom stereocenters. The van der Waals surface area contributed by atoms with E-state index in [1.165, 1.54) is 30.1 Å². The summed E-state index contributed by atoms with van der Waals surface area (Å²) in [6.45, 7) is 0.147. The summed E-state index contributed by atoms with van der Waals surface area (Å²) in [5.41, 5.74) is 0.253. The zero-order chi connectivity index (χ0) is 13.0. The summed E-state index contributed by atoms with van der Waals surface area (Å²) in [6, 6.07) is 0.348. The molecule has 0 atom stereocenters. The van der Waals surface area contributed by atoms with Crippen molar-refractivity contribution in [2.24, 2.45) is 0 Å². The highest BCUT2D eigenvalue weighted by molar-refractivity contribution is 5.76. The molecule has 0 saturated heterocycles. The Hall–Kier alpha value is -1.72. The normalized spacial score (nSPS) is 16.5. The molecular formula is C12H18N4O2. The lowest BCUT2D eigenvalue weighted by Gasteiger charge is -2.31. The number of hydrogen-bond acceptors (Lipinski definition) is 4. The van der Waals surface area contributed by atoms with E-state index in [1.54, 1.807) is 4.90 Å². The van der Waals surface area contributed by atoms with Crippen LogP contribution in [0.5, 0.6) is 0 Å². The van der Waals surface area contributed by atoms with Gasteiger partial charge in [-0.15, -0.1) is 5.10 Å². The number of hydrogen-bond donors (Lipinski definition) is 0. The molecule has 1 fully saturated rings. The third kappa shape index (κ3) is 2.94. The van der Waals surface area contributed by atoms with Gasteiger partial charge in [-0.25, -0.2) is 4.68 Å². The van der Waals surface area contributed by atoms with Crippen molar-refractivity contribution in [3.05, 3.63) is 11.9 Å². The van der Waals surface area contributed by atoms with Gasteiger partial charge in [-0.2, -0.15) is 0 Å². The molecule has 0 N–H and O–H groups in total. The van der Waals surface area contributed by atoms with Crippen LogP contribution >= 0.6 is 0 Å². The van der Waals surface area contributed by atoms with Gasteiger partial charge in [-0.3, -0.25) is 9.59 Å². The summed E-state index contributed by atoms with van der Waals surface area (Å²) in [4.78, 5) is 24.3. The zero-order valence-electron chi connectivity index (χ0n) is 10.6. The van der Waals surface area contributed by atoms with Crippen molar-refractivity contribution in [2.45, 2.75) is 44.7 Å². The van der Waals surface area contributed by atoms with E-state index in [-0.39, 0.29) is 18.1 Å². The highest BCUT2D eigenvalue weighted by atomic mass is 16.2. The summed E-state index contributed by atoms with van der Waals surface area (Å²) in [6.07, 6.45) is 7.93. The third-order valence-corrected chi connectivity index (χ3v) is 3.49. The smallest absolute Gasteiger partial charge is 0.244 e. The Morgan fingerprint density at radius 2 is 2.22 bits per heavy atom. The molecule has 1 heterocycles. The van der Waals surface area contributed by atoms with Crippen LogP contribution in [-0.2, 0) is 11.3 Å². The summed E-state index contributed by atoms with van der Waals surface area (Å²) < 4.78 is 1.41. The molecule has 0 aliphatic heterocycles. The Kier molecular flexibility index (Phi) is 4.07. The molecule has 1 aromatic rings. The number of aldehydes is 1. The summed E-state index contributed by atoms with van der Waals surface area (Å²) >= 11 is 0. The maximum absolute atomic E-state index is 12.1. The third-order valence-electron chi connectivity index (χ3n) is 3.49. The van der Waals surface area contributed by atoms with Gasteiger partial charge in [0.25, 0.3) is 0 Å². The van der Waals surface area contributed by atoms with Crippen molar-refractivity contribution in [1.82, 2.24) is 19.9 Å². The van der Waals surface area contributed by atoms with Gasteiger partial charge in [0.2, 0.25) is 5.91 Å². The maximum atomic E-state index is 12.1. The summed E-state index contributed by atoms with van der Waals surface area (Å²) in [7, 11) is 1.84. The molecule has 6 nitrogen and oxygen atoms in total. The van der Waals surface area contributed by atoms with E-state index in [2.05, 4.69) is 10.3 Å². The van der Waals surface area contributed by atoms with Crippen LogP contribution in [0.1, 0.15) is 42.6 Å². The van der Waals surface area contributed by atoms with Crippen molar-refractivity contribution in [3.8, 4) is 0 Å². The highest BCUT2D eigenvalue weighted by Gasteiger charge is 2.22. The van der Waals surface area contributed by atoms with Crippen LogP contribution in [0.2, 0.25) is 0 Å². The van der Waals surface area contributed by atoms with Gasteiger partial charge in [-0.05, 0) is 12.8 Å². The van der Waals surface area contributed by atoms with Crippen molar-refractivity contribution in [1.29, 1.82) is 0 Å². The first kappa shape index (κ1) is 12.7. The molecule has 18 heavy (non-hydrogen) atoms. The van der Waals surface area contributed by atoms with Gasteiger partial charge in [0.1, 0.15) is 12.2 Å². The van der Waals surface area contributed by atoms with Crippen LogP contribution in [0, 0.1) is 0 Å². The zero-order valence-corrected chi connectivity index (χ0v) is 10.6. The molecule has 1 saturated carbocycles. The topological polar surface area (TPSA) is 68.1 Å². The van der Waals surface area contributed by atoms with Gasteiger partial charge >= 0.3 is 0 Å². The largest absolute Gasteiger partial charge is 0.341 e. The van der Waals surface area contributed by atoms with Gasteiger partial charge in [0, 0.05) is 13.1 Å². The van der Waals surface area contributed by atoms with Crippen molar-refractivity contribution in [2.75, 3.05) is 7.05 Å². The van der Waals surface area contributed by atoms with E-state index in [0.29, 0.717) is 12.3 Å². The number of carbonyl (C=O) groups excluding carboxylic acids is 2. The Morgan fingerprint density at radius 1 is 1.50 bits per heavy atom. The van der Waals surface area contributed by atoms with Crippen LogP contribution in [0.15, 0.2) is 6.20 Å².